The van der Waals surface area contributed by atoms with Crippen LogP contribution in [0.1, 0.15) is 6.42 Å². The van der Waals surface area contributed by atoms with Gasteiger partial charge in [0.2, 0.25) is 0 Å². The zero-order chi connectivity index (χ0) is 13.8. The van der Waals surface area contributed by atoms with Gasteiger partial charge in [0, 0.05) is 37.9 Å². The predicted molar refractivity (Wildman–Crippen MR) is 76.1 cm³/mol. The topological polar surface area (TPSA) is 98.1 Å². The summed E-state index contributed by atoms with van der Waals surface area (Å²) in [4.78, 5) is 8.65. The zero-order valence-electron chi connectivity index (χ0n) is 10.9. The molecule has 0 spiro atoms. The first-order valence-corrected chi connectivity index (χ1v) is 6.38. The molecule has 3 heterocycles. The van der Waals surface area contributed by atoms with Crippen molar-refractivity contribution in [1.82, 2.24) is 24.1 Å². The van der Waals surface area contributed by atoms with Gasteiger partial charge in [0.25, 0.3) is 0 Å². The number of aryl methyl sites for hydroxylation is 1. The van der Waals surface area contributed by atoms with Crippen molar-refractivity contribution in [2.75, 3.05) is 17.3 Å². The molecule has 0 saturated carbocycles. The highest BCUT2D eigenvalue weighted by molar-refractivity contribution is 5.65. The van der Waals surface area contributed by atoms with E-state index >= 15 is 0 Å². The van der Waals surface area contributed by atoms with Crippen molar-refractivity contribution < 1.29 is 0 Å². The molecule has 0 saturated heterocycles. The molecule has 0 bridgehead atoms. The number of hydrogen-bond donors (Lipinski definition) is 3. The maximum Gasteiger partial charge on any atom is 0.180 e. The Kier molecular flexibility index (Phi) is 3.46. The molecule has 8 nitrogen and oxygen atoms in total. The van der Waals surface area contributed by atoms with Gasteiger partial charge in [-0.15, -0.1) is 0 Å². The number of hydrogen-bond acceptors (Lipinski definition) is 6. The molecule has 0 aliphatic rings. The lowest BCUT2D eigenvalue weighted by Gasteiger charge is -2.09. The Balaban J connectivity index is 1.65. The molecular formula is C12H16N8. The van der Waals surface area contributed by atoms with Gasteiger partial charge in [-0.2, -0.15) is 5.10 Å². The molecule has 104 valence electrons. The monoisotopic (exact) mass is 272 g/mol. The van der Waals surface area contributed by atoms with Crippen LogP contribution in [0.4, 0.5) is 11.6 Å². The lowest BCUT2D eigenvalue weighted by atomic mass is 10.4. The normalized spacial score (nSPS) is 10.8. The van der Waals surface area contributed by atoms with E-state index in [0.29, 0.717) is 11.6 Å². The Morgan fingerprint density at radius 3 is 3.00 bits per heavy atom. The van der Waals surface area contributed by atoms with Crippen LogP contribution in [0.25, 0.3) is 5.65 Å². The first-order chi connectivity index (χ1) is 9.86. The second kappa shape index (κ2) is 5.57. The summed E-state index contributed by atoms with van der Waals surface area (Å²) in [6.45, 7) is 1.64. The first-order valence-electron chi connectivity index (χ1n) is 6.38. The van der Waals surface area contributed by atoms with Crippen LogP contribution in [-0.2, 0) is 6.54 Å². The minimum Gasteiger partial charge on any atom is -0.367 e. The van der Waals surface area contributed by atoms with Gasteiger partial charge in [0.1, 0.15) is 0 Å². The SMILES string of the molecule is NNc1cn2ccnc2c(NCCCn2cccn2)n1. The predicted octanol–water partition coefficient (Wildman–Crippen LogP) is 0.714. The number of nitrogens with two attached hydrogens (primary N) is 1. The minimum absolute atomic E-state index is 0.588. The summed E-state index contributed by atoms with van der Waals surface area (Å²) in [5.41, 5.74) is 3.33. The Bertz CT molecular complexity index is 672. The van der Waals surface area contributed by atoms with Crippen molar-refractivity contribution in [2.45, 2.75) is 13.0 Å². The van der Waals surface area contributed by atoms with E-state index in [0.717, 1.165) is 25.2 Å². The van der Waals surface area contributed by atoms with E-state index < -0.39 is 0 Å². The number of anilines is 2. The lowest BCUT2D eigenvalue weighted by Crippen LogP contribution is -2.13. The van der Waals surface area contributed by atoms with Crippen LogP contribution in [0.3, 0.4) is 0 Å². The molecule has 3 aromatic heterocycles. The van der Waals surface area contributed by atoms with Crippen LogP contribution in [0.15, 0.2) is 37.1 Å². The lowest BCUT2D eigenvalue weighted by molar-refractivity contribution is 0.591. The van der Waals surface area contributed by atoms with Crippen LogP contribution in [0.2, 0.25) is 0 Å². The van der Waals surface area contributed by atoms with E-state index in [2.05, 4.69) is 25.8 Å². The van der Waals surface area contributed by atoms with Gasteiger partial charge in [-0.05, 0) is 12.5 Å². The highest BCUT2D eigenvalue weighted by atomic mass is 15.3. The number of nitrogens with one attached hydrogen (secondary N) is 2. The molecule has 4 N–H and O–H groups in total. The van der Waals surface area contributed by atoms with Crippen LogP contribution in [0.5, 0.6) is 0 Å². The molecule has 0 atom stereocenters. The molecule has 0 aliphatic carbocycles. The molecular weight excluding hydrogens is 256 g/mol. The highest BCUT2D eigenvalue weighted by Gasteiger charge is 2.06. The molecule has 0 unspecified atom stereocenters. The van der Waals surface area contributed by atoms with Crippen LogP contribution in [-0.4, -0.2) is 30.7 Å². The average Bonchev–Trinajstić information content (AvgIpc) is 3.13. The van der Waals surface area contributed by atoms with Crippen molar-refractivity contribution in [3.8, 4) is 0 Å². The number of imidazole rings is 1. The molecule has 0 fully saturated rings. The van der Waals surface area contributed by atoms with Crippen molar-refractivity contribution in [1.29, 1.82) is 0 Å². The Morgan fingerprint density at radius 2 is 2.20 bits per heavy atom. The number of rotatable bonds is 6. The van der Waals surface area contributed by atoms with Gasteiger partial charge in [-0.25, -0.2) is 15.8 Å². The smallest absolute Gasteiger partial charge is 0.180 e. The summed E-state index contributed by atoms with van der Waals surface area (Å²) in [5.74, 6) is 6.71. The standard InChI is InChI=1S/C12H16N8/c13-18-10-9-19-8-5-15-12(19)11(17-10)14-3-1-6-20-7-2-4-16-20/h2,4-5,7-9,18H,1,3,6,13H2,(H,14,17). The fraction of sp³-hybridized carbons (Fsp3) is 0.250. The molecule has 0 aliphatic heterocycles. The molecule has 0 amide bonds. The Hall–Kier alpha value is -2.61. The van der Waals surface area contributed by atoms with E-state index in [1.807, 2.05) is 27.5 Å². The van der Waals surface area contributed by atoms with Crippen LogP contribution >= 0.6 is 0 Å². The van der Waals surface area contributed by atoms with E-state index in [9.17, 15) is 0 Å². The second-order valence-corrected chi connectivity index (χ2v) is 4.33. The summed E-state index contributed by atoms with van der Waals surface area (Å²) in [7, 11) is 0. The zero-order valence-corrected chi connectivity index (χ0v) is 10.9. The maximum atomic E-state index is 5.41. The third kappa shape index (κ3) is 2.54. The van der Waals surface area contributed by atoms with E-state index in [1.165, 1.54) is 0 Å². The van der Waals surface area contributed by atoms with E-state index in [-0.39, 0.29) is 0 Å². The average molecular weight is 272 g/mol. The fourth-order valence-corrected chi connectivity index (χ4v) is 2.00. The third-order valence-corrected chi connectivity index (χ3v) is 2.94. The number of aromatic nitrogens is 5. The van der Waals surface area contributed by atoms with Gasteiger partial charge in [-0.3, -0.25) is 4.68 Å². The summed E-state index contributed by atoms with van der Waals surface area (Å²) >= 11 is 0. The summed E-state index contributed by atoms with van der Waals surface area (Å²) in [5, 5.41) is 7.44. The summed E-state index contributed by atoms with van der Waals surface area (Å²) in [6.07, 6.45) is 10.0. The van der Waals surface area contributed by atoms with Gasteiger partial charge in [-0.1, -0.05) is 0 Å². The van der Waals surface area contributed by atoms with Crippen molar-refractivity contribution >= 4 is 17.3 Å². The second-order valence-electron chi connectivity index (χ2n) is 4.33. The highest BCUT2D eigenvalue weighted by Crippen LogP contribution is 2.15. The molecule has 3 aromatic rings. The summed E-state index contributed by atoms with van der Waals surface area (Å²) < 4.78 is 3.77. The Morgan fingerprint density at radius 1 is 1.25 bits per heavy atom. The summed E-state index contributed by atoms with van der Waals surface area (Å²) in [6, 6.07) is 1.92. The number of nitrogen functional groups attached to an aromatic ring is 1. The van der Waals surface area contributed by atoms with Gasteiger partial charge >= 0.3 is 0 Å². The largest absolute Gasteiger partial charge is 0.367 e. The van der Waals surface area contributed by atoms with Gasteiger partial charge in [0.05, 0.1) is 6.20 Å². The first kappa shape index (κ1) is 12.4. The van der Waals surface area contributed by atoms with E-state index in [1.54, 1.807) is 18.6 Å². The van der Waals surface area contributed by atoms with E-state index in [4.69, 9.17) is 5.84 Å². The number of fused-ring (bicyclic) bond motifs is 1. The fourth-order valence-electron chi connectivity index (χ4n) is 2.00. The van der Waals surface area contributed by atoms with Crippen molar-refractivity contribution in [3.63, 3.8) is 0 Å². The van der Waals surface area contributed by atoms with Crippen LogP contribution in [0, 0.1) is 0 Å². The maximum absolute atomic E-state index is 5.41. The molecule has 0 radical (unpaired) electrons. The van der Waals surface area contributed by atoms with Gasteiger partial charge in [0.15, 0.2) is 17.3 Å². The minimum atomic E-state index is 0.588. The number of nitrogens with zero attached hydrogens (tertiary/aromatic N) is 5. The third-order valence-electron chi connectivity index (χ3n) is 2.94. The molecule has 0 aromatic carbocycles. The molecule has 8 heteroatoms. The van der Waals surface area contributed by atoms with Crippen molar-refractivity contribution in [3.05, 3.63) is 37.1 Å². The quantitative estimate of drug-likeness (QED) is 0.347. The van der Waals surface area contributed by atoms with Gasteiger partial charge < -0.3 is 15.1 Å². The number of hydrazine groups is 1. The van der Waals surface area contributed by atoms with Crippen molar-refractivity contribution in [2.24, 2.45) is 5.84 Å². The molecule has 20 heavy (non-hydrogen) atoms. The van der Waals surface area contributed by atoms with Crippen LogP contribution < -0.4 is 16.6 Å². The molecule has 3 rings (SSSR count). The Labute approximate surface area is 115 Å².